The molecule has 0 bridgehead atoms. The molecular weight excluding hydrogens is 348 g/mol. The summed E-state index contributed by atoms with van der Waals surface area (Å²) in [5.74, 6) is 1.67. The van der Waals surface area contributed by atoms with Crippen LogP contribution in [0.5, 0.6) is 0 Å². The number of nitrogens with zero attached hydrogens (tertiary/aromatic N) is 2. The van der Waals surface area contributed by atoms with Crippen molar-refractivity contribution in [2.75, 3.05) is 32.7 Å². The van der Waals surface area contributed by atoms with Gasteiger partial charge in [0.25, 0.3) is 0 Å². The summed E-state index contributed by atoms with van der Waals surface area (Å²) in [4.78, 5) is 29.5. The minimum atomic E-state index is 0.0533. The van der Waals surface area contributed by atoms with E-state index >= 15 is 0 Å². The summed E-state index contributed by atoms with van der Waals surface area (Å²) in [6, 6.07) is 7.14. The monoisotopic (exact) mass is 376 g/mol. The highest BCUT2D eigenvalue weighted by atomic mass is 35.5. The Morgan fingerprint density at radius 1 is 1.04 bits per heavy atom. The minimum Gasteiger partial charge on any atom is -0.341 e. The first-order valence-corrected chi connectivity index (χ1v) is 10.1. The summed E-state index contributed by atoms with van der Waals surface area (Å²) in [6.45, 7) is 8.33. The first-order chi connectivity index (χ1) is 12.4. The number of Topliss-reactive ketones (excluding diaryl/α,β-unsaturated/α-hetero) is 1. The quantitative estimate of drug-likeness (QED) is 0.751. The molecule has 1 amide bonds. The van der Waals surface area contributed by atoms with Crippen molar-refractivity contribution in [1.29, 1.82) is 0 Å². The molecule has 5 heteroatoms. The Labute approximate surface area is 161 Å². The van der Waals surface area contributed by atoms with Gasteiger partial charge in [0.1, 0.15) is 0 Å². The number of amides is 1. The number of carbonyl (C=O) groups excluding carboxylic acids is 2. The molecular formula is C21H29ClN2O2. The van der Waals surface area contributed by atoms with E-state index in [9.17, 15) is 9.59 Å². The standard InChI is InChI=1S/C21H29ClN2O2/c1-15-11-16(2)13-24(12-15)20(25)14-23-9-7-18(8-10-23)21(26)17-3-5-19(22)6-4-17/h3-6,15-16,18H,7-14H2,1-2H3/t15-,16-/m1/s1. The smallest absolute Gasteiger partial charge is 0.236 e. The van der Waals surface area contributed by atoms with Crippen LogP contribution < -0.4 is 0 Å². The molecule has 0 saturated carbocycles. The third-order valence-electron chi connectivity index (χ3n) is 5.67. The predicted molar refractivity (Wildman–Crippen MR) is 104 cm³/mol. The number of benzene rings is 1. The van der Waals surface area contributed by atoms with Crippen molar-refractivity contribution in [3.63, 3.8) is 0 Å². The normalized spacial score (nSPS) is 25.3. The molecule has 2 aliphatic heterocycles. The van der Waals surface area contributed by atoms with Gasteiger partial charge >= 0.3 is 0 Å². The van der Waals surface area contributed by atoms with Crippen LogP contribution in [-0.4, -0.2) is 54.2 Å². The van der Waals surface area contributed by atoms with Gasteiger partial charge in [-0.2, -0.15) is 0 Å². The summed E-state index contributed by atoms with van der Waals surface area (Å²) < 4.78 is 0. The number of hydrogen-bond donors (Lipinski definition) is 0. The maximum Gasteiger partial charge on any atom is 0.236 e. The number of likely N-dealkylation sites (tertiary alicyclic amines) is 2. The maximum atomic E-state index is 12.6. The van der Waals surface area contributed by atoms with E-state index in [1.165, 1.54) is 6.42 Å². The van der Waals surface area contributed by atoms with Crippen LogP contribution in [0.4, 0.5) is 0 Å². The van der Waals surface area contributed by atoms with Crippen molar-refractivity contribution in [1.82, 2.24) is 9.80 Å². The second-order valence-electron chi connectivity index (χ2n) is 8.17. The first-order valence-electron chi connectivity index (χ1n) is 9.72. The Bertz CT molecular complexity index is 628. The van der Waals surface area contributed by atoms with E-state index in [-0.39, 0.29) is 17.6 Å². The fourth-order valence-corrected chi connectivity index (χ4v) is 4.49. The van der Waals surface area contributed by atoms with Crippen molar-refractivity contribution in [3.05, 3.63) is 34.9 Å². The number of rotatable bonds is 4. The maximum absolute atomic E-state index is 12.6. The van der Waals surface area contributed by atoms with Gasteiger partial charge < -0.3 is 4.90 Å². The van der Waals surface area contributed by atoms with Crippen LogP contribution in [0.3, 0.4) is 0 Å². The SMILES string of the molecule is C[C@@H]1C[C@@H](C)CN(C(=O)CN2CCC(C(=O)c3ccc(Cl)cc3)CC2)C1. The molecule has 2 aliphatic rings. The fraction of sp³-hybridized carbons (Fsp3) is 0.619. The second-order valence-corrected chi connectivity index (χ2v) is 8.60. The molecule has 0 spiro atoms. The lowest BCUT2D eigenvalue weighted by Gasteiger charge is -2.37. The zero-order valence-corrected chi connectivity index (χ0v) is 16.5. The third-order valence-corrected chi connectivity index (χ3v) is 5.92. The van der Waals surface area contributed by atoms with Gasteiger partial charge in [0.05, 0.1) is 6.54 Å². The van der Waals surface area contributed by atoms with Gasteiger partial charge in [0, 0.05) is 29.6 Å². The second kappa shape index (κ2) is 8.53. The molecule has 1 aromatic carbocycles. The van der Waals surface area contributed by atoms with Gasteiger partial charge in [-0.15, -0.1) is 0 Å². The number of ketones is 1. The van der Waals surface area contributed by atoms with Crippen molar-refractivity contribution < 1.29 is 9.59 Å². The predicted octanol–water partition coefficient (Wildman–Crippen LogP) is 3.74. The molecule has 0 unspecified atom stereocenters. The van der Waals surface area contributed by atoms with Crippen LogP contribution in [0, 0.1) is 17.8 Å². The zero-order valence-electron chi connectivity index (χ0n) is 15.8. The molecule has 0 aliphatic carbocycles. The lowest BCUT2D eigenvalue weighted by atomic mass is 9.89. The highest BCUT2D eigenvalue weighted by molar-refractivity contribution is 6.30. The lowest BCUT2D eigenvalue weighted by Crippen LogP contribution is -2.48. The van der Waals surface area contributed by atoms with E-state index in [2.05, 4.69) is 18.7 Å². The van der Waals surface area contributed by atoms with Crippen LogP contribution in [-0.2, 0) is 4.79 Å². The molecule has 3 rings (SSSR count). The third kappa shape index (κ3) is 4.86. The minimum absolute atomic E-state index is 0.0533. The van der Waals surface area contributed by atoms with Crippen molar-refractivity contribution in [2.45, 2.75) is 33.1 Å². The molecule has 0 N–H and O–H groups in total. The summed E-state index contributed by atoms with van der Waals surface area (Å²) in [7, 11) is 0. The summed E-state index contributed by atoms with van der Waals surface area (Å²) >= 11 is 5.90. The molecule has 1 aromatic rings. The van der Waals surface area contributed by atoms with E-state index in [0.29, 0.717) is 23.4 Å². The molecule has 2 atom stereocenters. The molecule has 142 valence electrons. The Kier molecular flexibility index (Phi) is 6.36. The van der Waals surface area contributed by atoms with Crippen molar-refractivity contribution >= 4 is 23.3 Å². The highest BCUT2D eigenvalue weighted by Gasteiger charge is 2.29. The summed E-state index contributed by atoms with van der Waals surface area (Å²) in [6.07, 6.45) is 2.85. The van der Waals surface area contributed by atoms with E-state index in [1.54, 1.807) is 24.3 Å². The van der Waals surface area contributed by atoms with Crippen molar-refractivity contribution in [2.24, 2.45) is 17.8 Å². The molecule has 4 nitrogen and oxygen atoms in total. The largest absolute Gasteiger partial charge is 0.341 e. The van der Waals surface area contributed by atoms with Crippen LogP contribution in [0.15, 0.2) is 24.3 Å². The Morgan fingerprint density at radius 3 is 2.19 bits per heavy atom. The van der Waals surface area contributed by atoms with Gasteiger partial charge in [0.2, 0.25) is 5.91 Å². The molecule has 2 fully saturated rings. The number of piperidine rings is 2. The average molecular weight is 377 g/mol. The van der Waals surface area contributed by atoms with E-state index in [1.807, 2.05) is 4.90 Å². The molecule has 26 heavy (non-hydrogen) atoms. The van der Waals surface area contributed by atoms with E-state index < -0.39 is 0 Å². The van der Waals surface area contributed by atoms with Gasteiger partial charge in [-0.3, -0.25) is 14.5 Å². The van der Waals surface area contributed by atoms with Crippen LogP contribution in [0.1, 0.15) is 43.5 Å². The molecule has 0 aromatic heterocycles. The Hall–Kier alpha value is -1.39. The van der Waals surface area contributed by atoms with Crippen molar-refractivity contribution in [3.8, 4) is 0 Å². The summed E-state index contributed by atoms with van der Waals surface area (Å²) in [5.41, 5.74) is 0.736. The van der Waals surface area contributed by atoms with Crippen LogP contribution >= 0.6 is 11.6 Å². The highest BCUT2D eigenvalue weighted by Crippen LogP contribution is 2.24. The first kappa shape index (κ1) is 19.4. The zero-order chi connectivity index (χ0) is 18.7. The van der Waals surface area contributed by atoms with Gasteiger partial charge in [-0.1, -0.05) is 25.4 Å². The Morgan fingerprint density at radius 2 is 1.62 bits per heavy atom. The van der Waals surface area contributed by atoms with Crippen LogP contribution in [0.2, 0.25) is 5.02 Å². The summed E-state index contributed by atoms with van der Waals surface area (Å²) in [5, 5.41) is 0.649. The van der Waals surface area contributed by atoms with E-state index in [4.69, 9.17) is 11.6 Å². The lowest BCUT2D eigenvalue weighted by molar-refractivity contribution is -0.135. The molecule has 2 heterocycles. The van der Waals surface area contributed by atoms with E-state index in [0.717, 1.165) is 44.6 Å². The number of hydrogen-bond acceptors (Lipinski definition) is 3. The van der Waals surface area contributed by atoms with Gasteiger partial charge in [-0.05, 0) is 68.5 Å². The van der Waals surface area contributed by atoms with Crippen LogP contribution in [0.25, 0.3) is 0 Å². The fourth-order valence-electron chi connectivity index (χ4n) is 4.36. The Balaban J connectivity index is 1.48. The topological polar surface area (TPSA) is 40.6 Å². The molecule has 2 saturated heterocycles. The average Bonchev–Trinajstić information content (AvgIpc) is 2.61. The van der Waals surface area contributed by atoms with Gasteiger partial charge in [0.15, 0.2) is 5.78 Å². The van der Waals surface area contributed by atoms with Gasteiger partial charge in [-0.25, -0.2) is 0 Å². The number of halogens is 1. The number of carbonyl (C=O) groups is 2. The molecule has 0 radical (unpaired) electrons.